The third-order valence-corrected chi connectivity index (χ3v) is 4.56. The summed E-state index contributed by atoms with van der Waals surface area (Å²) >= 11 is 9.56. The molecule has 0 N–H and O–H groups in total. The van der Waals surface area contributed by atoms with Crippen molar-refractivity contribution in [1.82, 2.24) is 0 Å². The zero-order valence-corrected chi connectivity index (χ0v) is 14.4. The number of halogens is 2. The molecule has 0 atom stereocenters. The fourth-order valence-electron chi connectivity index (χ4n) is 2.45. The summed E-state index contributed by atoms with van der Waals surface area (Å²) in [7, 11) is 0. The second-order valence-corrected chi connectivity index (χ2v) is 6.16. The van der Waals surface area contributed by atoms with E-state index in [1.54, 1.807) is 11.0 Å². The van der Waals surface area contributed by atoms with Crippen molar-refractivity contribution in [3.05, 3.63) is 58.1 Å². The Hall–Kier alpha value is -1.85. The van der Waals surface area contributed by atoms with Crippen LogP contribution in [0.5, 0.6) is 5.75 Å². The van der Waals surface area contributed by atoms with E-state index in [2.05, 4.69) is 15.9 Å². The molecule has 1 aliphatic rings. The van der Waals surface area contributed by atoms with Crippen molar-refractivity contribution in [1.29, 1.82) is 0 Å². The maximum Gasteiger partial charge on any atom is 0.265 e. The number of amides is 1. The number of benzene rings is 2. The number of hydrogen-bond donors (Lipinski definition) is 0. The third-order valence-electron chi connectivity index (χ3n) is 3.63. The van der Waals surface area contributed by atoms with E-state index in [0.717, 1.165) is 16.5 Å². The lowest BCUT2D eigenvalue weighted by atomic mass is 10.1. The Morgan fingerprint density at radius 3 is 2.57 bits per heavy atom. The molecule has 118 valence electrons. The lowest BCUT2D eigenvalue weighted by Gasteiger charge is -2.30. The molecule has 0 bridgehead atoms. The molecule has 3 rings (SSSR count). The van der Waals surface area contributed by atoms with Crippen LogP contribution in [0.15, 0.2) is 36.4 Å². The first kappa shape index (κ1) is 16.0. The highest BCUT2D eigenvalue weighted by molar-refractivity contribution is 9.08. The van der Waals surface area contributed by atoms with Crippen LogP contribution in [0.25, 0.3) is 0 Å². The van der Waals surface area contributed by atoms with Crippen LogP contribution in [0.2, 0.25) is 5.02 Å². The third kappa shape index (κ3) is 3.26. The number of hydrogen-bond acceptors (Lipinski definition) is 3. The maximum absolute atomic E-state index is 12.3. The summed E-state index contributed by atoms with van der Waals surface area (Å²) in [5.74, 6) is 0.273. The Morgan fingerprint density at radius 1 is 1.22 bits per heavy atom. The van der Waals surface area contributed by atoms with Crippen LogP contribution in [-0.2, 0) is 16.7 Å². The Morgan fingerprint density at radius 2 is 1.91 bits per heavy atom. The Balaban J connectivity index is 1.97. The molecule has 0 radical (unpaired) electrons. The van der Waals surface area contributed by atoms with Crippen molar-refractivity contribution in [3.8, 4) is 5.75 Å². The van der Waals surface area contributed by atoms with E-state index in [4.69, 9.17) is 16.3 Å². The summed E-state index contributed by atoms with van der Waals surface area (Å²) in [5, 5.41) is 1.11. The molecule has 1 heterocycles. The van der Waals surface area contributed by atoms with Gasteiger partial charge in [-0.3, -0.25) is 9.59 Å². The number of ether oxygens (including phenoxy) is 1. The summed E-state index contributed by atoms with van der Waals surface area (Å²) < 4.78 is 5.43. The quantitative estimate of drug-likeness (QED) is 0.582. The normalized spacial score (nSPS) is 13.5. The number of alkyl halides is 1. The van der Waals surface area contributed by atoms with Gasteiger partial charge in [-0.25, -0.2) is 0 Å². The van der Waals surface area contributed by atoms with Gasteiger partial charge in [0.1, 0.15) is 6.29 Å². The van der Waals surface area contributed by atoms with E-state index in [0.29, 0.717) is 34.9 Å². The molecule has 2 aromatic carbocycles. The molecule has 2 aromatic rings. The Kier molecular flexibility index (Phi) is 4.68. The molecule has 0 fully saturated rings. The fraction of sp³-hybridized carbons (Fsp3) is 0.176. The molecule has 23 heavy (non-hydrogen) atoms. The number of rotatable bonds is 4. The van der Waals surface area contributed by atoms with E-state index < -0.39 is 0 Å². The van der Waals surface area contributed by atoms with Crippen LogP contribution in [-0.4, -0.2) is 18.8 Å². The second kappa shape index (κ2) is 6.72. The molecule has 0 aliphatic carbocycles. The largest absolute Gasteiger partial charge is 0.480 e. The highest BCUT2D eigenvalue weighted by atomic mass is 79.9. The lowest BCUT2D eigenvalue weighted by molar-refractivity contribution is -0.121. The minimum atomic E-state index is -0.166. The second-order valence-electron chi connectivity index (χ2n) is 5.19. The van der Waals surface area contributed by atoms with Gasteiger partial charge in [0.05, 0.1) is 17.3 Å². The molecule has 0 spiro atoms. The van der Waals surface area contributed by atoms with Crippen LogP contribution in [0, 0.1) is 0 Å². The van der Waals surface area contributed by atoms with Gasteiger partial charge >= 0.3 is 0 Å². The summed E-state index contributed by atoms with van der Waals surface area (Å²) in [4.78, 5) is 24.9. The van der Waals surface area contributed by atoms with Gasteiger partial charge < -0.3 is 9.64 Å². The molecular weight excluding hydrogens is 382 g/mol. The van der Waals surface area contributed by atoms with Gasteiger partial charge in [-0.2, -0.15) is 0 Å². The number of anilines is 1. The number of carbonyl (C=O) groups is 2. The van der Waals surface area contributed by atoms with Crippen molar-refractivity contribution in [2.45, 2.75) is 11.9 Å². The van der Waals surface area contributed by atoms with Gasteiger partial charge in [-0.05, 0) is 23.3 Å². The first-order chi connectivity index (χ1) is 11.1. The molecular formula is C17H13BrClNO3. The van der Waals surface area contributed by atoms with Gasteiger partial charge in [0.2, 0.25) is 0 Å². The van der Waals surface area contributed by atoms with E-state index in [1.165, 1.54) is 6.07 Å². The number of carbonyl (C=O) groups excluding carboxylic acids is 2. The zero-order chi connectivity index (χ0) is 16.4. The molecule has 0 unspecified atom stereocenters. The van der Waals surface area contributed by atoms with Crippen molar-refractivity contribution in [2.24, 2.45) is 0 Å². The first-order valence-corrected chi connectivity index (χ1v) is 8.48. The summed E-state index contributed by atoms with van der Waals surface area (Å²) in [6, 6.07) is 11.1. The van der Waals surface area contributed by atoms with Gasteiger partial charge in [0, 0.05) is 10.9 Å². The first-order valence-electron chi connectivity index (χ1n) is 6.98. The Bertz CT molecular complexity index is 761. The van der Waals surface area contributed by atoms with E-state index in [-0.39, 0.29) is 12.5 Å². The molecule has 0 saturated carbocycles. The predicted molar refractivity (Wildman–Crippen MR) is 92.6 cm³/mol. The molecule has 1 amide bonds. The van der Waals surface area contributed by atoms with Crippen LogP contribution in [0.1, 0.15) is 21.5 Å². The predicted octanol–water partition coefficient (Wildman–Crippen LogP) is 3.97. The zero-order valence-electron chi connectivity index (χ0n) is 12.1. The van der Waals surface area contributed by atoms with Crippen molar-refractivity contribution in [2.75, 3.05) is 11.5 Å². The fourth-order valence-corrected chi connectivity index (χ4v) is 3.10. The van der Waals surface area contributed by atoms with Gasteiger partial charge in [-0.15, -0.1) is 0 Å². The molecule has 4 nitrogen and oxygen atoms in total. The minimum Gasteiger partial charge on any atom is -0.480 e. The lowest BCUT2D eigenvalue weighted by Crippen LogP contribution is -2.38. The average molecular weight is 395 g/mol. The smallest absolute Gasteiger partial charge is 0.265 e. The van der Waals surface area contributed by atoms with Gasteiger partial charge in [0.25, 0.3) is 5.91 Å². The number of aldehydes is 1. The van der Waals surface area contributed by atoms with Gasteiger partial charge in [0.15, 0.2) is 12.4 Å². The van der Waals surface area contributed by atoms with Crippen molar-refractivity contribution in [3.63, 3.8) is 0 Å². The van der Waals surface area contributed by atoms with Crippen LogP contribution < -0.4 is 9.64 Å². The highest BCUT2D eigenvalue weighted by Crippen LogP contribution is 2.39. The van der Waals surface area contributed by atoms with Gasteiger partial charge in [-0.1, -0.05) is 51.8 Å². The molecule has 0 aromatic heterocycles. The van der Waals surface area contributed by atoms with Crippen molar-refractivity contribution >= 4 is 45.4 Å². The summed E-state index contributed by atoms with van der Waals surface area (Å²) in [6.07, 6.45) is 0.703. The van der Waals surface area contributed by atoms with Crippen LogP contribution in [0.3, 0.4) is 0 Å². The number of fused-ring (bicyclic) bond motifs is 1. The minimum absolute atomic E-state index is 0.0629. The monoisotopic (exact) mass is 393 g/mol. The van der Waals surface area contributed by atoms with E-state index in [1.807, 2.05) is 24.3 Å². The van der Waals surface area contributed by atoms with Crippen molar-refractivity contribution < 1.29 is 14.3 Å². The highest BCUT2D eigenvalue weighted by Gasteiger charge is 2.28. The molecule has 0 saturated heterocycles. The summed E-state index contributed by atoms with van der Waals surface area (Å²) in [6.45, 7) is 0.336. The SMILES string of the molecule is O=Cc1cc(Cl)c2c(c1)N(Cc1ccc(CBr)cc1)C(=O)CO2. The Labute approximate surface area is 147 Å². The van der Waals surface area contributed by atoms with Crippen LogP contribution in [0.4, 0.5) is 5.69 Å². The molecule has 1 aliphatic heterocycles. The number of nitrogens with zero attached hydrogens (tertiary/aromatic N) is 1. The standard InChI is InChI=1S/C17H13BrClNO3/c18-7-11-1-3-12(4-2-11)8-20-15-6-13(9-21)5-14(19)17(15)23-10-16(20)22/h1-6,9H,7-8,10H2. The summed E-state index contributed by atoms with van der Waals surface area (Å²) in [5.41, 5.74) is 3.09. The van der Waals surface area contributed by atoms with E-state index in [9.17, 15) is 9.59 Å². The molecule has 6 heteroatoms. The topological polar surface area (TPSA) is 46.6 Å². The average Bonchev–Trinajstić information content (AvgIpc) is 2.57. The maximum atomic E-state index is 12.3. The van der Waals surface area contributed by atoms with E-state index >= 15 is 0 Å². The van der Waals surface area contributed by atoms with Crippen LogP contribution >= 0.6 is 27.5 Å².